The van der Waals surface area contributed by atoms with Crippen LogP contribution in [0.5, 0.6) is 0 Å². The smallest absolute Gasteiger partial charge is 0.123 e. The number of benzene rings is 1. The summed E-state index contributed by atoms with van der Waals surface area (Å²) >= 11 is 0. The van der Waals surface area contributed by atoms with Crippen LogP contribution in [0.25, 0.3) is 0 Å². The lowest BCUT2D eigenvalue weighted by Gasteiger charge is -2.39. The average molecular weight is 223 g/mol. The molecule has 2 N–H and O–H groups in total. The maximum Gasteiger partial charge on any atom is 0.123 e. The van der Waals surface area contributed by atoms with Crippen molar-refractivity contribution in [3.05, 3.63) is 35.1 Å². The van der Waals surface area contributed by atoms with E-state index in [0.29, 0.717) is 6.42 Å². The van der Waals surface area contributed by atoms with E-state index in [-0.39, 0.29) is 11.7 Å². The summed E-state index contributed by atoms with van der Waals surface area (Å²) in [6, 6.07) is 4.64. The van der Waals surface area contributed by atoms with Crippen LogP contribution >= 0.6 is 0 Å². The van der Waals surface area contributed by atoms with Crippen molar-refractivity contribution in [3.8, 4) is 0 Å². The average Bonchev–Trinajstić information content (AvgIpc) is 2.26. The van der Waals surface area contributed by atoms with Gasteiger partial charge in [-0.25, -0.2) is 4.39 Å². The molecule has 1 saturated heterocycles. The van der Waals surface area contributed by atoms with Gasteiger partial charge in [0, 0.05) is 12.5 Å². The molecule has 0 amide bonds. The SMILES string of the molecule is Cc1ccc(F)cc1C1(O)CCNCC1C. The summed E-state index contributed by atoms with van der Waals surface area (Å²) in [5, 5.41) is 13.9. The molecule has 1 aliphatic rings. The number of aliphatic hydroxyl groups is 1. The molecule has 0 spiro atoms. The molecule has 1 fully saturated rings. The molecule has 0 aromatic heterocycles. The summed E-state index contributed by atoms with van der Waals surface area (Å²) in [7, 11) is 0. The first-order valence-corrected chi connectivity index (χ1v) is 5.74. The molecule has 0 radical (unpaired) electrons. The Morgan fingerprint density at radius 3 is 2.94 bits per heavy atom. The van der Waals surface area contributed by atoms with E-state index in [9.17, 15) is 9.50 Å². The molecule has 1 aliphatic heterocycles. The molecular formula is C13H18FNO. The van der Waals surface area contributed by atoms with Gasteiger partial charge in [-0.1, -0.05) is 13.0 Å². The third-order valence-corrected chi connectivity index (χ3v) is 3.61. The van der Waals surface area contributed by atoms with E-state index in [1.54, 1.807) is 6.07 Å². The van der Waals surface area contributed by atoms with Gasteiger partial charge in [0.25, 0.3) is 0 Å². The van der Waals surface area contributed by atoms with Crippen LogP contribution in [0.3, 0.4) is 0 Å². The summed E-state index contributed by atoms with van der Waals surface area (Å²) < 4.78 is 13.3. The van der Waals surface area contributed by atoms with Crippen molar-refractivity contribution in [2.24, 2.45) is 5.92 Å². The van der Waals surface area contributed by atoms with Crippen LogP contribution in [-0.2, 0) is 5.60 Å². The highest BCUT2D eigenvalue weighted by molar-refractivity contribution is 5.33. The highest BCUT2D eigenvalue weighted by atomic mass is 19.1. The van der Waals surface area contributed by atoms with Gasteiger partial charge in [-0.15, -0.1) is 0 Å². The molecular weight excluding hydrogens is 205 g/mol. The molecule has 0 bridgehead atoms. The molecule has 0 saturated carbocycles. The molecule has 88 valence electrons. The Labute approximate surface area is 95.5 Å². The van der Waals surface area contributed by atoms with Gasteiger partial charge in [0.1, 0.15) is 5.82 Å². The first-order valence-electron chi connectivity index (χ1n) is 5.74. The highest BCUT2D eigenvalue weighted by Crippen LogP contribution is 2.36. The summed E-state index contributed by atoms with van der Waals surface area (Å²) in [4.78, 5) is 0. The lowest BCUT2D eigenvalue weighted by molar-refractivity contribution is -0.0399. The quantitative estimate of drug-likeness (QED) is 0.762. The second-order valence-electron chi connectivity index (χ2n) is 4.74. The summed E-state index contributed by atoms with van der Waals surface area (Å²) in [5.41, 5.74) is 0.802. The molecule has 2 atom stereocenters. The number of piperidine rings is 1. The Morgan fingerprint density at radius 2 is 2.25 bits per heavy atom. The van der Waals surface area contributed by atoms with Crippen molar-refractivity contribution in [2.75, 3.05) is 13.1 Å². The van der Waals surface area contributed by atoms with Crippen molar-refractivity contribution in [1.82, 2.24) is 5.32 Å². The van der Waals surface area contributed by atoms with Crippen molar-refractivity contribution >= 4 is 0 Å². The zero-order chi connectivity index (χ0) is 11.8. The molecule has 2 unspecified atom stereocenters. The Bertz CT molecular complexity index is 394. The molecule has 0 aliphatic carbocycles. The standard InChI is InChI=1S/C13H18FNO/c1-9-3-4-11(14)7-12(9)13(16)5-6-15-8-10(13)2/h3-4,7,10,15-16H,5-6,8H2,1-2H3. The van der Waals surface area contributed by atoms with E-state index >= 15 is 0 Å². The van der Waals surface area contributed by atoms with Crippen LogP contribution in [0.1, 0.15) is 24.5 Å². The van der Waals surface area contributed by atoms with Crippen LogP contribution in [0.2, 0.25) is 0 Å². The van der Waals surface area contributed by atoms with E-state index in [1.807, 2.05) is 13.8 Å². The molecule has 16 heavy (non-hydrogen) atoms. The maximum absolute atomic E-state index is 13.3. The second-order valence-corrected chi connectivity index (χ2v) is 4.74. The minimum atomic E-state index is -0.891. The number of hydrogen-bond acceptors (Lipinski definition) is 2. The Hall–Kier alpha value is -0.930. The number of halogens is 1. The molecule has 2 nitrogen and oxygen atoms in total. The first kappa shape index (κ1) is 11.6. The second kappa shape index (κ2) is 4.15. The summed E-state index contributed by atoms with van der Waals surface area (Å²) in [6.07, 6.45) is 0.637. The fourth-order valence-corrected chi connectivity index (χ4v) is 2.47. The Kier molecular flexibility index (Phi) is 3.00. The van der Waals surface area contributed by atoms with Gasteiger partial charge in [0.2, 0.25) is 0 Å². The van der Waals surface area contributed by atoms with Gasteiger partial charge in [0.15, 0.2) is 0 Å². The molecule has 1 aromatic rings. The van der Waals surface area contributed by atoms with Crippen molar-refractivity contribution in [3.63, 3.8) is 0 Å². The van der Waals surface area contributed by atoms with E-state index in [1.165, 1.54) is 12.1 Å². The summed E-state index contributed by atoms with van der Waals surface area (Å²) in [6.45, 7) is 5.46. The Balaban J connectivity index is 2.44. The van der Waals surface area contributed by atoms with Crippen LogP contribution < -0.4 is 5.32 Å². The fraction of sp³-hybridized carbons (Fsp3) is 0.538. The minimum absolute atomic E-state index is 0.0988. The maximum atomic E-state index is 13.3. The zero-order valence-electron chi connectivity index (χ0n) is 9.76. The largest absolute Gasteiger partial charge is 0.385 e. The topological polar surface area (TPSA) is 32.3 Å². The van der Waals surface area contributed by atoms with Crippen molar-refractivity contribution < 1.29 is 9.50 Å². The van der Waals surface area contributed by atoms with Gasteiger partial charge in [-0.05, 0) is 43.1 Å². The van der Waals surface area contributed by atoms with Gasteiger partial charge in [0.05, 0.1) is 5.60 Å². The number of nitrogens with one attached hydrogen (secondary N) is 1. The van der Waals surface area contributed by atoms with Crippen LogP contribution in [0.15, 0.2) is 18.2 Å². The van der Waals surface area contributed by atoms with Crippen LogP contribution in [-0.4, -0.2) is 18.2 Å². The van der Waals surface area contributed by atoms with Gasteiger partial charge < -0.3 is 10.4 Å². The molecule has 3 heteroatoms. The predicted molar refractivity (Wildman–Crippen MR) is 61.7 cm³/mol. The molecule has 1 heterocycles. The predicted octanol–water partition coefficient (Wildman–Crippen LogP) is 1.95. The van der Waals surface area contributed by atoms with Crippen LogP contribution in [0, 0.1) is 18.7 Å². The number of rotatable bonds is 1. The highest BCUT2D eigenvalue weighted by Gasteiger charge is 2.38. The number of hydrogen-bond donors (Lipinski definition) is 2. The third kappa shape index (κ3) is 1.85. The van der Waals surface area contributed by atoms with Crippen molar-refractivity contribution in [2.45, 2.75) is 25.9 Å². The van der Waals surface area contributed by atoms with Gasteiger partial charge in [-0.2, -0.15) is 0 Å². The normalized spacial score (nSPS) is 30.4. The fourth-order valence-electron chi connectivity index (χ4n) is 2.47. The van der Waals surface area contributed by atoms with Crippen molar-refractivity contribution in [1.29, 1.82) is 0 Å². The zero-order valence-corrected chi connectivity index (χ0v) is 9.76. The van der Waals surface area contributed by atoms with E-state index in [0.717, 1.165) is 24.2 Å². The van der Waals surface area contributed by atoms with E-state index < -0.39 is 5.60 Å². The van der Waals surface area contributed by atoms with Crippen LogP contribution in [0.4, 0.5) is 4.39 Å². The third-order valence-electron chi connectivity index (χ3n) is 3.61. The lowest BCUT2D eigenvalue weighted by Crippen LogP contribution is -2.47. The first-order chi connectivity index (χ1) is 7.54. The van der Waals surface area contributed by atoms with E-state index in [4.69, 9.17) is 0 Å². The Morgan fingerprint density at radius 1 is 1.50 bits per heavy atom. The summed E-state index contributed by atoms with van der Waals surface area (Å²) in [5.74, 6) is -0.179. The number of aryl methyl sites for hydroxylation is 1. The van der Waals surface area contributed by atoms with E-state index in [2.05, 4.69) is 5.32 Å². The molecule has 1 aromatic carbocycles. The molecule has 2 rings (SSSR count). The van der Waals surface area contributed by atoms with Gasteiger partial charge >= 0.3 is 0 Å². The monoisotopic (exact) mass is 223 g/mol. The lowest BCUT2D eigenvalue weighted by atomic mass is 9.76. The minimum Gasteiger partial charge on any atom is -0.385 e. The van der Waals surface area contributed by atoms with Gasteiger partial charge in [-0.3, -0.25) is 0 Å².